The molecule has 200 valence electrons. The third kappa shape index (κ3) is 5.49. The molecule has 0 spiro atoms. The summed E-state index contributed by atoms with van der Waals surface area (Å²) in [5.74, 6) is -1.85. The van der Waals surface area contributed by atoms with Crippen LogP contribution in [-0.2, 0) is 30.2 Å². The normalized spacial score (nSPS) is 15.8. The quantitative estimate of drug-likeness (QED) is 0.320. The second-order valence-electron chi connectivity index (χ2n) is 9.29. The maximum Gasteiger partial charge on any atom is 0.273 e. The molecule has 0 fully saturated rings. The van der Waals surface area contributed by atoms with E-state index >= 15 is 8.78 Å². The van der Waals surface area contributed by atoms with Crippen LogP contribution in [-0.4, -0.2) is 30.5 Å². The second kappa shape index (κ2) is 11.7. The van der Waals surface area contributed by atoms with Crippen molar-refractivity contribution in [3.63, 3.8) is 0 Å². The van der Waals surface area contributed by atoms with Gasteiger partial charge in [-0.05, 0) is 68.4 Å². The molecular formula is C28H29ClF2N4O2S. The first-order chi connectivity index (χ1) is 18.1. The zero-order chi connectivity index (χ0) is 27.6. The van der Waals surface area contributed by atoms with Crippen LogP contribution in [0.3, 0.4) is 0 Å². The van der Waals surface area contributed by atoms with Crippen LogP contribution in [0.15, 0.2) is 63.2 Å². The SMILES string of the molecule is C/C=C/N=C(/C(F)=C/n1c(C)cc(C(C)Cc2cnn3c2CCC3)c(Cl)c1=O)c1cccc(S(C)=O)c1F. The highest BCUT2D eigenvalue weighted by molar-refractivity contribution is 7.84. The summed E-state index contributed by atoms with van der Waals surface area (Å²) in [5.41, 5.74) is 2.41. The number of pyridine rings is 1. The molecule has 10 heteroatoms. The first-order valence-electron chi connectivity index (χ1n) is 12.3. The lowest BCUT2D eigenvalue weighted by Crippen LogP contribution is -2.22. The summed E-state index contributed by atoms with van der Waals surface area (Å²) in [6.07, 6.45) is 9.78. The summed E-state index contributed by atoms with van der Waals surface area (Å²) in [4.78, 5) is 17.3. The Balaban J connectivity index is 1.72. The first kappa shape index (κ1) is 27.9. The van der Waals surface area contributed by atoms with Gasteiger partial charge in [-0.3, -0.25) is 23.2 Å². The van der Waals surface area contributed by atoms with Crippen LogP contribution in [0, 0.1) is 12.7 Å². The van der Waals surface area contributed by atoms with Crippen molar-refractivity contribution in [1.82, 2.24) is 14.3 Å². The molecule has 1 aliphatic heterocycles. The molecule has 0 saturated heterocycles. The smallest absolute Gasteiger partial charge is 0.273 e. The van der Waals surface area contributed by atoms with Crippen LogP contribution in [0.4, 0.5) is 8.78 Å². The van der Waals surface area contributed by atoms with Gasteiger partial charge in [0.1, 0.15) is 16.6 Å². The Morgan fingerprint density at radius 2 is 2.13 bits per heavy atom. The van der Waals surface area contributed by atoms with Gasteiger partial charge in [0.05, 0.1) is 28.1 Å². The molecular weight excluding hydrogens is 530 g/mol. The Kier molecular flexibility index (Phi) is 8.57. The number of aliphatic imine (C=N–C) groups is 1. The fourth-order valence-corrected chi connectivity index (χ4v) is 5.67. The Labute approximate surface area is 227 Å². The van der Waals surface area contributed by atoms with Gasteiger partial charge in [-0.2, -0.15) is 5.10 Å². The predicted octanol–water partition coefficient (Wildman–Crippen LogP) is 5.97. The van der Waals surface area contributed by atoms with Gasteiger partial charge in [-0.25, -0.2) is 8.78 Å². The van der Waals surface area contributed by atoms with Crippen molar-refractivity contribution < 1.29 is 13.0 Å². The molecule has 38 heavy (non-hydrogen) atoms. The van der Waals surface area contributed by atoms with Crippen LogP contribution >= 0.6 is 11.6 Å². The number of hydrogen-bond acceptors (Lipinski definition) is 4. The topological polar surface area (TPSA) is 69.2 Å². The van der Waals surface area contributed by atoms with Gasteiger partial charge in [-0.1, -0.05) is 30.7 Å². The molecule has 6 nitrogen and oxygen atoms in total. The van der Waals surface area contributed by atoms with Crippen molar-refractivity contribution in [2.24, 2.45) is 4.99 Å². The van der Waals surface area contributed by atoms with Gasteiger partial charge in [0.25, 0.3) is 5.56 Å². The third-order valence-corrected chi connectivity index (χ3v) is 7.94. The molecule has 3 heterocycles. The van der Waals surface area contributed by atoms with E-state index in [9.17, 15) is 9.00 Å². The number of benzene rings is 1. The highest BCUT2D eigenvalue weighted by Crippen LogP contribution is 2.29. The average Bonchev–Trinajstić information content (AvgIpc) is 3.50. The first-order valence-corrected chi connectivity index (χ1v) is 14.2. The number of hydrogen-bond donors (Lipinski definition) is 0. The Hall–Kier alpha value is -3.17. The zero-order valence-electron chi connectivity index (χ0n) is 21.7. The van der Waals surface area contributed by atoms with Crippen LogP contribution < -0.4 is 5.56 Å². The summed E-state index contributed by atoms with van der Waals surface area (Å²) in [5, 5.41) is 4.44. The van der Waals surface area contributed by atoms with Crippen molar-refractivity contribution in [3.05, 3.63) is 97.8 Å². The molecule has 0 saturated carbocycles. The van der Waals surface area contributed by atoms with E-state index in [1.54, 1.807) is 26.0 Å². The number of halogens is 3. The van der Waals surface area contributed by atoms with Gasteiger partial charge in [0.15, 0.2) is 5.83 Å². The van der Waals surface area contributed by atoms with Gasteiger partial charge < -0.3 is 0 Å². The highest BCUT2D eigenvalue weighted by atomic mass is 35.5. The van der Waals surface area contributed by atoms with E-state index in [0.29, 0.717) is 17.7 Å². The molecule has 1 aliphatic rings. The van der Waals surface area contributed by atoms with E-state index in [-0.39, 0.29) is 27.1 Å². The number of aryl methyl sites for hydroxylation is 2. The van der Waals surface area contributed by atoms with Gasteiger partial charge in [0.2, 0.25) is 0 Å². The molecule has 0 N–H and O–H groups in total. The molecule has 1 aromatic carbocycles. The number of rotatable bonds is 8. The molecule has 4 rings (SSSR count). The molecule has 2 unspecified atom stereocenters. The van der Waals surface area contributed by atoms with E-state index in [2.05, 4.69) is 10.1 Å². The Morgan fingerprint density at radius 3 is 2.84 bits per heavy atom. The highest BCUT2D eigenvalue weighted by Gasteiger charge is 2.23. The van der Waals surface area contributed by atoms with Gasteiger partial charge >= 0.3 is 0 Å². The average molecular weight is 559 g/mol. The zero-order valence-corrected chi connectivity index (χ0v) is 23.2. The summed E-state index contributed by atoms with van der Waals surface area (Å²) in [7, 11) is -1.62. The van der Waals surface area contributed by atoms with Crippen molar-refractivity contribution >= 4 is 34.3 Å². The standard InChI is InChI=1S/C28H29ClF2N4O2S/c1-5-11-32-27(20-8-6-10-24(26(20)31)38(4)37)22(30)16-34-18(3)14-21(25(29)28(34)36)17(2)13-19-15-33-35-12-7-9-23(19)35/h5-6,8,10-11,14-17H,7,9,12-13H2,1-4H3/b11-5+,22-16-,32-27+. The molecule has 0 radical (unpaired) electrons. The summed E-state index contributed by atoms with van der Waals surface area (Å²) in [6, 6.07) is 5.97. The summed E-state index contributed by atoms with van der Waals surface area (Å²) >= 11 is 6.53. The minimum Gasteiger partial charge on any atom is -0.284 e. The number of nitrogens with zero attached hydrogens (tertiary/aromatic N) is 4. The molecule has 0 amide bonds. The fourth-order valence-electron chi connectivity index (χ4n) is 4.70. The predicted molar refractivity (Wildman–Crippen MR) is 149 cm³/mol. The van der Waals surface area contributed by atoms with Crippen LogP contribution in [0.2, 0.25) is 5.02 Å². The van der Waals surface area contributed by atoms with Crippen molar-refractivity contribution in [3.8, 4) is 0 Å². The number of allylic oxidation sites excluding steroid dienone is 2. The third-order valence-electron chi connectivity index (χ3n) is 6.63. The maximum absolute atomic E-state index is 15.6. The van der Waals surface area contributed by atoms with E-state index in [1.807, 2.05) is 17.8 Å². The van der Waals surface area contributed by atoms with Crippen LogP contribution in [0.5, 0.6) is 0 Å². The lowest BCUT2D eigenvalue weighted by molar-refractivity contribution is 0.591. The summed E-state index contributed by atoms with van der Waals surface area (Å²) < 4.78 is 45.8. The lowest BCUT2D eigenvalue weighted by atomic mass is 9.93. The minimum absolute atomic E-state index is 0.00235. The number of aromatic nitrogens is 3. The van der Waals surface area contributed by atoms with Crippen molar-refractivity contribution in [1.29, 1.82) is 0 Å². The van der Waals surface area contributed by atoms with E-state index in [4.69, 9.17) is 11.6 Å². The summed E-state index contributed by atoms with van der Waals surface area (Å²) in [6.45, 7) is 6.28. The maximum atomic E-state index is 15.6. The molecule has 2 atom stereocenters. The van der Waals surface area contributed by atoms with Crippen LogP contribution in [0.1, 0.15) is 54.3 Å². The fraction of sp³-hybridized carbons (Fsp3) is 0.321. The van der Waals surface area contributed by atoms with Crippen molar-refractivity contribution in [2.75, 3.05) is 6.26 Å². The minimum atomic E-state index is -1.62. The van der Waals surface area contributed by atoms with E-state index in [0.717, 1.165) is 35.7 Å². The van der Waals surface area contributed by atoms with Crippen LogP contribution in [0.25, 0.3) is 6.20 Å². The van der Waals surface area contributed by atoms with E-state index in [1.165, 1.54) is 36.3 Å². The largest absolute Gasteiger partial charge is 0.284 e. The monoisotopic (exact) mass is 558 g/mol. The van der Waals surface area contributed by atoms with Gasteiger partial charge in [-0.15, -0.1) is 0 Å². The molecule has 2 aromatic heterocycles. The van der Waals surface area contributed by atoms with E-state index < -0.39 is 28.0 Å². The Morgan fingerprint density at radius 1 is 1.37 bits per heavy atom. The lowest BCUT2D eigenvalue weighted by Gasteiger charge is -2.16. The molecule has 3 aromatic rings. The molecule has 0 bridgehead atoms. The molecule has 0 aliphatic carbocycles. The second-order valence-corrected chi connectivity index (χ2v) is 11.0. The Bertz CT molecular complexity index is 1550. The van der Waals surface area contributed by atoms with Gasteiger partial charge in [0, 0.05) is 36.0 Å². The van der Waals surface area contributed by atoms with Crippen molar-refractivity contribution in [2.45, 2.75) is 57.4 Å². The number of fused-ring (bicyclic) bond motifs is 1.